The van der Waals surface area contributed by atoms with E-state index in [1.165, 1.54) is 0 Å². The maximum Gasteiger partial charge on any atom is 0.348 e. The van der Waals surface area contributed by atoms with E-state index in [0.717, 1.165) is 11.8 Å². The number of hydrazone groups is 1. The number of benzene rings is 1. The van der Waals surface area contributed by atoms with Crippen LogP contribution in [0.1, 0.15) is 5.56 Å². The average Bonchev–Trinajstić information content (AvgIpc) is 2.56. The van der Waals surface area contributed by atoms with Crippen LogP contribution in [0.5, 0.6) is 11.6 Å². The lowest BCUT2D eigenvalue weighted by Gasteiger charge is -2.09. The van der Waals surface area contributed by atoms with Gasteiger partial charge in [-0.15, -0.1) is 0 Å². The topological polar surface area (TPSA) is 155 Å². The van der Waals surface area contributed by atoms with Gasteiger partial charge in [0.2, 0.25) is 5.88 Å². The van der Waals surface area contributed by atoms with Crippen LogP contribution in [0.3, 0.4) is 0 Å². The van der Waals surface area contributed by atoms with Crippen molar-refractivity contribution in [2.75, 3.05) is 5.75 Å². The lowest BCUT2D eigenvalue weighted by Crippen LogP contribution is -2.33. The van der Waals surface area contributed by atoms with Gasteiger partial charge >= 0.3 is 5.69 Å². The number of thioether (sulfide) groups is 1. The molecule has 0 aliphatic rings. The molecule has 0 unspecified atom stereocenters. The Labute approximate surface area is 135 Å². The van der Waals surface area contributed by atoms with Gasteiger partial charge in [0.1, 0.15) is 28.2 Å². The van der Waals surface area contributed by atoms with Crippen molar-refractivity contribution in [2.45, 2.75) is 5.03 Å². The van der Waals surface area contributed by atoms with E-state index in [1.807, 2.05) is 12.1 Å². The van der Waals surface area contributed by atoms with E-state index in [9.17, 15) is 10.1 Å². The third-order valence-corrected chi connectivity index (χ3v) is 3.59. The minimum absolute atomic E-state index is 0.0214. The summed E-state index contributed by atoms with van der Waals surface area (Å²) in [5.74, 6) is 11.4. The lowest BCUT2D eigenvalue weighted by molar-refractivity contribution is 0.454. The molecule has 1 aromatic heterocycles. The molecule has 0 aliphatic heterocycles. The number of nitrogens with one attached hydrogen (secondary N) is 2. The molecular weight excluding hydrogens is 318 g/mol. The Morgan fingerprint density at radius 2 is 2.22 bits per heavy atom. The summed E-state index contributed by atoms with van der Waals surface area (Å²) in [5.41, 5.74) is 1.77. The molecule has 0 spiro atoms. The van der Waals surface area contributed by atoms with Crippen LogP contribution in [-0.2, 0) is 0 Å². The van der Waals surface area contributed by atoms with Crippen LogP contribution >= 0.6 is 11.8 Å². The van der Waals surface area contributed by atoms with Crippen LogP contribution in [0.25, 0.3) is 0 Å². The minimum atomic E-state index is -0.635. The predicted octanol–water partition coefficient (Wildman–Crippen LogP) is 0.261. The summed E-state index contributed by atoms with van der Waals surface area (Å²) in [6, 6.07) is 10.7. The molecule has 0 bridgehead atoms. The number of nitrogens with zero attached hydrogens (tertiary/aromatic N) is 3. The van der Waals surface area contributed by atoms with Crippen molar-refractivity contribution in [1.29, 1.82) is 5.26 Å². The SMILES string of the molecule is N#Cc1c(SC/C(=N/N)NN)nc(=O)[nH]c1Oc1ccccc1. The second-order valence-electron chi connectivity index (χ2n) is 4.09. The highest BCUT2D eigenvalue weighted by Crippen LogP contribution is 2.27. The molecule has 23 heavy (non-hydrogen) atoms. The standard InChI is InChI=1S/C13H13N7O2S/c14-6-9-11(22-8-4-2-1-3-5-8)17-13(21)18-12(9)23-7-10(19-15)20-16/h1-5H,7,15-16H2,(H,19,20)(H,17,18,21). The maximum atomic E-state index is 11.7. The van der Waals surface area contributed by atoms with Gasteiger partial charge in [0, 0.05) is 0 Å². The van der Waals surface area contributed by atoms with Gasteiger partial charge in [-0.25, -0.2) is 10.6 Å². The van der Waals surface area contributed by atoms with Crippen molar-refractivity contribution in [3.63, 3.8) is 0 Å². The Morgan fingerprint density at radius 3 is 2.83 bits per heavy atom. The summed E-state index contributed by atoms with van der Waals surface area (Å²) in [7, 11) is 0. The molecule has 1 aromatic carbocycles. The van der Waals surface area contributed by atoms with Crippen molar-refractivity contribution in [3.8, 4) is 17.7 Å². The van der Waals surface area contributed by atoms with Gasteiger partial charge in [-0.05, 0) is 12.1 Å². The number of hydrazine groups is 1. The zero-order valence-corrected chi connectivity index (χ0v) is 12.6. The van der Waals surface area contributed by atoms with E-state index in [0.29, 0.717) is 5.75 Å². The molecule has 0 saturated heterocycles. The summed E-state index contributed by atoms with van der Waals surface area (Å²) in [6.45, 7) is 0. The molecule has 0 radical (unpaired) electrons. The lowest BCUT2D eigenvalue weighted by atomic mass is 10.3. The van der Waals surface area contributed by atoms with Gasteiger partial charge in [0.15, 0.2) is 0 Å². The van der Waals surface area contributed by atoms with Crippen molar-refractivity contribution in [3.05, 3.63) is 46.4 Å². The first kappa shape index (κ1) is 16.3. The highest BCUT2D eigenvalue weighted by molar-refractivity contribution is 8.00. The first-order chi connectivity index (χ1) is 11.2. The van der Waals surface area contributed by atoms with Crippen LogP contribution in [-0.4, -0.2) is 21.6 Å². The van der Waals surface area contributed by atoms with E-state index in [-0.39, 0.29) is 28.1 Å². The predicted molar refractivity (Wildman–Crippen MR) is 85.8 cm³/mol. The number of para-hydroxylation sites is 1. The molecule has 118 valence electrons. The van der Waals surface area contributed by atoms with Crippen LogP contribution in [0.4, 0.5) is 0 Å². The van der Waals surface area contributed by atoms with Crippen LogP contribution in [0, 0.1) is 11.3 Å². The molecule has 6 N–H and O–H groups in total. The molecule has 0 atom stereocenters. The second-order valence-corrected chi connectivity index (χ2v) is 5.05. The molecule has 0 fully saturated rings. The average molecular weight is 331 g/mol. The number of H-pyrrole nitrogens is 1. The monoisotopic (exact) mass is 331 g/mol. The zero-order valence-electron chi connectivity index (χ0n) is 11.8. The van der Waals surface area contributed by atoms with Crippen LogP contribution in [0.15, 0.2) is 45.3 Å². The zero-order chi connectivity index (χ0) is 16.7. The van der Waals surface area contributed by atoms with Gasteiger partial charge in [-0.1, -0.05) is 30.0 Å². The van der Waals surface area contributed by atoms with Gasteiger partial charge in [-0.3, -0.25) is 4.98 Å². The highest BCUT2D eigenvalue weighted by Gasteiger charge is 2.15. The smallest absolute Gasteiger partial charge is 0.348 e. The van der Waals surface area contributed by atoms with E-state index < -0.39 is 5.69 Å². The van der Waals surface area contributed by atoms with E-state index in [1.54, 1.807) is 24.3 Å². The molecule has 0 aliphatic carbocycles. The Kier molecular flexibility index (Phi) is 5.56. The highest BCUT2D eigenvalue weighted by atomic mass is 32.2. The molecule has 2 rings (SSSR count). The number of nitriles is 1. The molecule has 9 nitrogen and oxygen atoms in total. The fourth-order valence-electron chi connectivity index (χ4n) is 1.57. The van der Waals surface area contributed by atoms with E-state index in [2.05, 4.69) is 20.5 Å². The summed E-state index contributed by atoms with van der Waals surface area (Å²) in [5, 5.41) is 13.0. The van der Waals surface area contributed by atoms with Crippen molar-refractivity contribution >= 4 is 17.6 Å². The number of ether oxygens (including phenoxy) is 1. The molecule has 0 saturated carbocycles. The number of amidine groups is 1. The molecule has 2 aromatic rings. The number of hydrogen-bond acceptors (Lipinski definition) is 8. The normalized spacial score (nSPS) is 10.9. The third kappa shape index (κ3) is 4.22. The number of nitrogens with two attached hydrogens (primary N) is 2. The quantitative estimate of drug-likeness (QED) is 0.152. The fraction of sp³-hybridized carbons (Fsp3) is 0.0769. The first-order valence-corrected chi connectivity index (χ1v) is 7.30. The summed E-state index contributed by atoms with van der Waals surface area (Å²) in [6.07, 6.45) is 0. The molecule has 0 amide bonds. The van der Waals surface area contributed by atoms with E-state index >= 15 is 0 Å². The third-order valence-electron chi connectivity index (χ3n) is 2.61. The molecular formula is C13H13N7O2S. The summed E-state index contributed by atoms with van der Waals surface area (Å²) in [4.78, 5) is 17.9. The molecule has 10 heteroatoms. The van der Waals surface area contributed by atoms with Gasteiger partial charge in [-0.2, -0.15) is 15.3 Å². The van der Waals surface area contributed by atoms with Gasteiger partial charge < -0.3 is 16.0 Å². The fourth-order valence-corrected chi connectivity index (χ4v) is 2.43. The Balaban J connectivity index is 2.33. The summed E-state index contributed by atoms with van der Waals surface area (Å²) < 4.78 is 5.55. The largest absolute Gasteiger partial charge is 0.439 e. The first-order valence-electron chi connectivity index (χ1n) is 6.31. The number of rotatable bonds is 5. The second kappa shape index (κ2) is 7.83. The van der Waals surface area contributed by atoms with Crippen molar-refractivity contribution in [2.24, 2.45) is 16.8 Å². The Bertz CT molecular complexity index is 798. The number of aromatic amines is 1. The van der Waals surface area contributed by atoms with Gasteiger partial charge in [0.05, 0.1) is 5.75 Å². The maximum absolute atomic E-state index is 11.7. The van der Waals surface area contributed by atoms with Crippen molar-refractivity contribution < 1.29 is 4.74 Å². The van der Waals surface area contributed by atoms with Crippen molar-refractivity contribution in [1.82, 2.24) is 15.4 Å². The summed E-state index contributed by atoms with van der Waals surface area (Å²) >= 11 is 1.08. The van der Waals surface area contributed by atoms with E-state index in [4.69, 9.17) is 16.4 Å². The van der Waals surface area contributed by atoms with Crippen LogP contribution < -0.4 is 27.5 Å². The minimum Gasteiger partial charge on any atom is -0.439 e. The number of hydrogen-bond donors (Lipinski definition) is 4. The van der Waals surface area contributed by atoms with Gasteiger partial charge in [0.25, 0.3) is 0 Å². The number of aromatic nitrogens is 2. The van der Waals surface area contributed by atoms with Crippen LogP contribution in [0.2, 0.25) is 0 Å². The Morgan fingerprint density at radius 1 is 1.48 bits per heavy atom. The molecule has 1 heterocycles. The Hall–Kier alpha value is -3.03.